The molecule has 3 heterocycles. The van der Waals surface area contributed by atoms with Crippen LogP contribution in [-0.2, 0) is 17.8 Å². The first-order chi connectivity index (χ1) is 12.6. The molecule has 26 heavy (non-hydrogen) atoms. The van der Waals surface area contributed by atoms with E-state index in [4.69, 9.17) is 9.47 Å². The van der Waals surface area contributed by atoms with Crippen LogP contribution in [0.2, 0.25) is 0 Å². The summed E-state index contributed by atoms with van der Waals surface area (Å²) in [7, 11) is 0. The Hall–Kier alpha value is -3.02. The van der Waals surface area contributed by atoms with Crippen molar-refractivity contribution in [3.8, 4) is 11.5 Å². The van der Waals surface area contributed by atoms with Gasteiger partial charge in [0.15, 0.2) is 11.5 Å². The van der Waals surface area contributed by atoms with Crippen LogP contribution in [-0.4, -0.2) is 33.5 Å². The highest BCUT2D eigenvalue weighted by Gasteiger charge is 2.18. The minimum atomic E-state index is 0.0613. The number of imidazole rings is 1. The molecule has 0 aliphatic carbocycles. The summed E-state index contributed by atoms with van der Waals surface area (Å²) < 4.78 is 12.7. The average molecular weight is 351 g/mol. The third-order valence-electron chi connectivity index (χ3n) is 4.60. The average Bonchev–Trinajstić information content (AvgIpc) is 3.26. The predicted molar refractivity (Wildman–Crippen MR) is 97.3 cm³/mol. The lowest BCUT2D eigenvalue weighted by molar-refractivity contribution is -0.130. The molecule has 6 nitrogen and oxygen atoms in total. The Morgan fingerprint density at radius 2 is 2.12 bits per heavy atom. The predicted octanol–water partition coefficient (Wildman–Crippen LogP) is 2.96. The maximum atomic E-state index is 12.8. The van der Waals surface area contributed by atoms with Crippen molar-refractivity contribution in [1.29, 1.82) is 0 Å². The highest BCUT2D eigenvalue weighted by molar-refractivity contribution is 5.78. The number of likely N-dealkylation sites (N-methyl/N-ethyl adjacent to an activating group) is 1. The van der Waals surface area contributed by atoms with E-state index in [1.807, 2.05) is 65.9 Å². The number of nitrogens with zero attached hydrogens (tertiary/aromatic N) is 3. The highest BCUT2D eigenvalue weighted by atomic mass is 16.7. The first-order valence-electron chi connectivity index (χ1n) is 8.73. The summed E-state index contributed by atoms with van der Waals surface area (Å²) in [5.74, 6) is 1.55. The zero-order chi connectivity index (χ0) is 18.1. The molecule has 1 amide bonds. The molecule has 0 atom stereocenters. The van der Waals surface area contributed by atoms with Crippen LogP contribution in [0.15, 0.2) is 42.7 Å². The number of fused-ring (bicyclic) bond motifs is 2. The summed E-state index contributed by atoms with van der Waals surface area (Å²) >= 11 is 0. The monoisotopic (exact) mass is 351 g/mol. The van der Waals surface area contributed by atoms with Crippen LogP contribution in [0.25, 0.3) is 5.65 Å². The van der Waals surface area contributed by atoms with E-state index in [0.717, 1.165) is 34.0 Å². The second-order valence-corrected chi connectivity index (χ2v) is 6.43. The molecule has 6 heteroatoms. The Kier molecular flexibility index (Phi) is 4.24. The van der Waals surface area contributed by atoms with Gasteiger partial charge in [0.1, 0.15) is 5.65 Å². The van der Waals surface area contributed by atoms with Crippen LogP contribution in [0.3, 0.4) is 0 Å². The number of hydrogen-bond acceptors (Lipinski definition) is 4. The second kappa shape index (κ2) is 6.71. The molecule has 1 aliphatic rings. The number of pyridine rings is 1. The van der Waals surface area contributed by atoms with Crippen LogP contribution >= 0.6 is 0 Å². The van der Waals surface area contributed by atoms with E-state index in [9.17, 15) is 4.79 Å². The fourth-order valence-corrected chi connectivity index (χ4v) is 3.19. The Bertz CT molecular complexity index is 964. The fourth-order valence-electron chi connectivity index (χ4n) is 3.19. The van der Waals surface area contributed by atoms with Crippen molar-refractivity contribution < 1.29 is 14.3 Å². The Balaban J connectivity index is 1.48. The van der Waals surface area contributed by atoms with Crippen LogP contribution in [0, 0.1) is 6.92 Å². The highest BCUT2D eigenvalue weighted by Crippen LogP contribution is 2.32. The number of carbonyl (C=O) groups is 1. The maximum Gasteiger partial charge on any atom is 0.231 e. The zero-order valence-electron chi connectivity index (χ0n) is 14.9. The van der Waals surface area contributed by atoms with Gasteiger partial charge in [0.05, 0.1) is 12.1 Å². The second-order valence-electron chi connectivity index (χ2n) is 6.43. The molecule has 0 saturated carbocycles. The summed E-state index contributed by atoms with van der Waals surface area (Å²) in [6.07, 6.45) is 4.17. The lowest BCUT2D eigenvalue weighted by Gasteiger charge is -2.20. The minimum Gasteiger partial charge on any atom is -0.454 e. The van der Waals surface area contributed by atoms with Crippen molar-refractivity contribution in [1.82, 2.24) is 14.3 Å². The summed E-state index contributed by atoms with van der Waals surface area (Å²) in [6.45, 7) is 5.44. The molecular formula is C20H21N3O3. The Morgan fingerprint density at radius 3 is 2.92 bits per heavy atom. The van der Waals surface area contributed by atoms with E-state index in [0.29, 0.717) is 19.5 Å². The third kappa shape index (κ3) is 3.10. The maximum absolute atomic E-state index is 12.8. The summed E-state index contributed by atoms with van der Waals surface area (Å²) in [4.78, 5) is 19.2. The van der Waals surface area contributed by atoms with Gasteiger partial charge in [-0.25, -0.2) is 4.98 Å². The van der Waals surface area contributed by atoms with Crippen molar-refractivity contribution >= 4 is 11.6 Å². The van der Waals surface area contributed by atoms with Gasteiger partial charge < -0.3 is 18.8 Å². The van der Waals surface area contributed by atoms with E-state index in [-0.39, 0.29) is 12.7 Å². The van der Waals surface area contributed by atoms with E-state index in [1.165, 1.54) is 0 Å². The summed E-state index contributed by atoms with van der Waals surface area (Å²) in [6, 6.07) is 9.80. The molecule has 1 aromatic carbocycles. The van der Waals surface area contributed by atoms with E-state index < -0.39 is 0 Å². The number of aromatic nitrogens is 2. The molecule has 1 aliphatic heterocycles. The number of ether oxygens (including phenoxy) is 2. The van der Waals surface area contributed by atoms with Crippen molar-refractivity contribution in [2.45, 2.75) is 26.8 Å². The smallest absolute Gasteiger partial charge is 0.231 e. The molecule has 3 aromatic rings. The first kappa shape index (κ1) is 16.4. The number of carbonyl (C=O) groups excluding carboxylic acids is 1. The van der Waals surface area contributed by atoms with Gasteiger partial charge in [-0.1, -0.05) is 12.1 Å². The van der Waals surface area contributed by atoms with Gasteiger partial charge in [0, 0.05) is 25.5 Å². The van der Waals surface area contributed by atoms with Gasteiger partial charge in [0.25, 0.3) is 0 Å². The van der Waals surface area contributed by atoms with Crippen LogP contribution in [0.4, 0.5) is 0 Å². The normalized spacial score (nSPS) is 12.5. The van der Waals surface area contributed by atoms with Crippen LogP contribution in [0.1, 0.15) is 23.7 Å². The van der Waals surface area contributed by atoms with Crippen molar-refractivity contribution in [2.75, 3.05) is 13.3 Å². The topological polar surface area (TPSA) is 56.1 Å². The molecule has 0 spiro atoms. The fraction of sp³-hybridized carbons (Fsp3) is 0.300. The number of benzene rings is 1. The van der Waals surface area contributed by atoms with Crippen molar-refractivity contribution in [3.05, 3.63) is 59.5 Å². The molecule has 134 valence electrons. The summed E-state index contributed by atoms with van der Waals surface area (Å²) in [5.41, 5.74) is 3.80. The number of rotatable bonds is 5. The van der Waals surface area contributed by atoms with Crippen LogP contribution in [0.5, 0.6) is 11.5 Å². The molecule has 0 N–H and O–H groups in total. The molecule has 0 fully saturated rings. The molecule has 0 unspecified atom stereocenters. The lowest BCUT2D eigenvalue weighted by Crippen LogP contribution is -2.31. The van der Waals surface area contributed by atoms with Gasteiger partial charge >= 0.3 is 0 Å². The molecule has 2 aromatic heterocycles. The zero-order valence-corrected chi connectivity index (χ0v) is 14.9. The third-order valence-corrected chi connectivity index (χ3v) is 4.60. The van der Waals surface area contributed by atoms with Gasteiger partial charge in [-0.15, -0.1) is 0 Å². The van der Waals surface area contributed by atoms with Gasteiger partial charge in [-0.3, -0.25) is 4.79 Å². The first-order valence-corrected chi connectivity index (χ1v) is 8.73. The van der Waals surface area contributed by atoms with Crippen LogP contribution < -0.4 is 9.47 Å². The lowest BCUT2D eigenvalue weighted by atomic mass is 10.1. The van der Waals surface area contributed by atoms with Gasteiger partial charge in [-0.2, -0.15) is 0 Å². The van der Waals surface area contributed by atoms with Crippen molar-refractivity contribution in [3.63, 3.8) is 0 Å². The number of aryl methyl sites for hydroxylation is 1. The molecular weight excluding hydrogens is 330 g/mol. The Labute approximate surface area is 152 Å². The SMILES string of the molecule is CCN(Cc1ccc2c(c1)OCO2)C(=O)Cc1cn2cccc(C)c2n1. The van der Waals surface area contributed by atoms with Gasteiger partial charge in [-0.05, 0) is 43.2 Å². The molecule has 0 radical (unpaired) electrons. The number of amides is 1. The molecule has 0 saturated heterocycles. The van der Waals surface area contributed by atoms with Gasteiger partial charge in [0.2, 0.25) is 12.7 Å². The molecule has 4 rings (SSSR count). The summed E-state index contributed by atoms with van der Waals surface area (Å²) in [5, 5.41) is 0. The van der Waals surface area contributed by atoms with Crippen molar-refractivity contribution in [2.24, 2.45) is 0 Å². The minimum absolute atomic E-state index is 0.0613. The Morgan fingerprint density at radius 1 is 1.27 bits per heavy atom. The van der Waals surface area contributed by atoms with E-state index in [2.05, 4.69) is 4.98 Å². The quantitative estimate of drug-likeness (QED) is 0.709. The number of hydrogen-bond donors (Lipinski definition) is 0. The van der Waals surface area contributed by atoms with E-state index >= 15 is 0 Å². The molecule has 0 bridgehead atoms. The van der Waals surface area contributed by atoms with E-state index in [1.54, 1.807) is 0 Å². The largest absolute Gasteiger partial charge is 0.454 e. The standard InChI is InChI=1S/C20H21N3O3/c1-3-22(11-15-6-7-17-18(9-15)26-13-25-17)19(24)10-16-12-23-8-4-5-14(2)20(23)21-16/h4-9,12H,3,10-11,13H2,1-2H3.